The lowest BCUT2D eigenvalue weighted by Crippen LogP contribution is -2.56. The first-order valence-electron chi connectivity index (χ1n) is 9.20. The van der Waals surface area contributed by atoms with Crippen LogP contribution >= 0.6 is 0 Å². The lowest BCUT2D eigenvalue weighted by Gasteiger charge is -2.24. The zero-order valence-electron chi connectivity index (χ0n) is 16.8. The van der Waals surface area contributed by atoms with Gasteiger partial charge in [-0.05, 0) is 18.8 Å². The second-order valence-electron chi connectivity index (χ2n) is 7.02. The lowest BCUT2D eigenvalue weighted by atomic mass is 10.0. The van der Waals surface area contributed by atoms with Gasteiger partial charge >= 0.3 is 11.9 Å². The van der Waals surface area contributed by atoms with Gasteiger partial charge in [-0.3, -0.25) is 24.0 Å². The van der Waals surface area contributed by atoms with Crippen molar-refractivity contribution in [3.05, 3.63) is 0 Å². The molecular weight excluding hydrogens is 402 g/mol. The molecule has 3 unspecified atom stereocenters. The van der Waals surface area contributed by atoms with Crippen LogP contribution in [0.2, 0.25) is 0 Å². The number of hydrogen-bond donors (Lipinski definition) is 7. The van der Waals surface area contributed by atoms with Gasteiger partial charge in [0.15, 0.2) is 0 Å². The zero-order valence-corrected chi connectivity index (χ0v) is 16.8. The molecule has 0 saturated carbocycles. The predicted octanol–water partition coefficient (Wildman–Crippen LogP) is -2.73. The molecule has 13 nitrogen and oxygen atoms in total. The Morgan fingerprint density at radius 2 is 1.40 bits per heavy atom. The average Bonchev–Trinajstić information content (AvgIpc) is 2.62. The molecule has 0 aromatic heterocycles. The van der Waals surface area contributed by atoms with Gasteiger partial charge in [0.25, 0.3) is 0 Å². The van der Waals surface area contributed by atoms with E-state index < -0.39 is 66.7 Å². The number of nitrogens with one attached hydrogen (secondary N) is 3. The lowest BCUT2D eigenvalue weighted by molar-refractivity contribution is -0.143. The van der Waals surface area contributed by atoms with Crippen molar-refractivity contribution < 1.29 is 39.0 Å². The minimum atomic E-state index is -1.53. The van der Waals surface area contributed by atoms with Crippen molar-refractivity contribution in [1.82, 2.24) is 16.0 Å². The Bertz CT molecular complexity index is 667. The summed E-state index contributed by atoms with van der Waals surface area (Å²) in [5.41, 5.74) is 10.2. The van der Waals surface area contributed by atoms with Crippen LogP contribution in [0.3, 0.4) is 0 Å². The molecule has 0 rings (SSSR count). The van der Waals surface area contributed by atoms with E-state index >= 15 is 0 Å². The highest BCUT2D eigenvalue weighted by Gasteiger charge is 2.30. The van der Waals surface area contributed by atoms with Gasteiger partial charge < -0.3 is 37.6 Å². The van der Waals surface area contributed by atoms with Crippen LogP contribution in [-0.2, 0) is 28.8 Å². The predicted molar refractivity (Wildman–Crippen MR) is 103 cm³/mol. The van der Waals surface area contributed by atoms with Crippen LogP contribution in [0, 0.1) is 5.92 Å². The zero-order chi connectivity index (χ0) is 23.4. The average molecular weight is 431 g/mol. The Labute approximate surface area is 172 Å². The molecule has 0 fully saturated rings. The smallest absolute Gasteiger partial charge is 0.326 e. The van der Waals surface area contributed by atoms with Crippen LogP contribution in [0.4, 0.5) is 0 Å². The SMILES string of the molecule is CC(C)CC(NC(=O)C(CCC(N)=O)NC(=O)C(CC(=O)O)NC(=O)CN)C(=O)O. The second kappa shape index (κ2) is 13.1. The van der Waals surface area contributed by atoms with Crippen molar-refractivity contribution in [2.24, 2.45) is 17.4 Å². The quantitative estimate of drug-likeness (QED) is 0.151. The first-order chi connectivity index (χ1) is 13.9. The molecule has 0 heterocycles. The van der Waals surface area contributed by atoms with E-state index in [1.807, 2.05) is 0 Å². The Morgan fingerprint density at radius 3 is 1.83 bits per heavy atom. The van der Waals surface area contributed by atoms with Gasteiger partial charge in [0.1, 0.15) is 18.1 Å². The number of hydrogen-bond acceptors (Lipinski definition) is 7. The molecule has 0 aliphatic heterocycles. The summed E-state index contributed by atoms with van der Waals surface area (Å²) in [6, 6.07) is -4.16. The summed E-state index contributed by atoms with van der Waals surface area (Å²) in [7, 11) is 0. The van der Waals surface area contributed by atoms with Gasteiger partial charge in [-0.2, -0.15) is 0 Å². The summed E-state index contributed by atoms with van der Waals surface area (Å²) in [6.07, 6.45) is -1.23. The van der Waals surface area contributed by atoms with Gasteiger partial charge in [0.2, 0.25) is 23.6 Å². The van der Waals surface area contributed by atoms with E-state index in [0.29, 0.717) is 0 Å². The van der Waals surface area contributed by atoms with Crippen LogP contribution in [0.1, 0.15) is 39.5 Å². The molecule has 9 N–H and O–H groups in total. The Morgan fingerprint density at radius 1 is 0.867 bits per heavy atom. The molecule has 0 aliphatic carbocycles. The molecule has 0 aromatic rings. The Kier molecular flexibility index (Phi) is 11.7. The largest absolute Gasteiger partial charge is 0.481 e. The highest BCUT2D eigenvalue weighted by molar-refractivity contribution is 5.95. The molecule has 4 amide bonds. The third-order valence-electron chi connectivity index (χ3n) is 3.85. The molecule has 0 radical (unpaired) electrons. The van der Waals surface area contributed by atoms with Crippen LogP contribution in [0.5, 0.6) is 0 Å². The maximum Gasteiger partial charge on any atom is 0.326 e. The van der Waals surface area contributed by atoms with E-state index in [4.69, 9.17) is 16.6 Å². The molecular formula is C17H29N5O8. The third-order valence-corrected chi connectivity index (χ3v) is 3.85. The number of carboxylic acid groups (broad SMARTS) is 2. The van der Waals surface area contributed by atoms with E-state index in [-0.39, 0.29) is 25.2 Å². The summed E-state index contributed by atoms with van der Waals surface area (Å²) in [5, 5.41) is 24.8. The molecule has 0 spiro atoms. The van der Waals surface area contributed by atoms with Crippen molar-refractivity contribution in [1.29, 1.82) is 0 Å². The van der Waals surface area contributed by atoms with Crippen LogP contribution < -0.4 is 27.4 Å². The van der Waals surface area contributed by atoms with E-state index in [0.717, 1.165) is 0 Å². The van der Waals surface area contributed by atoms with E-state index in [1.54, 1.807) is 13.8 Å². The van der Waals surface area contributed by atoms with Gasteiger partial charge in [0, 0.05) is 6.42 Å². The number of aliphatic carboxylic acids is 2. The summed E-state index contributed by atoms with van der Waals surface area (Å²) in [6.45, 7) is 3.01. The number of nitrogens with two attached hydrogens (primary N) is 2. The number of primary amides is 1. The number of carbonyl (C=O) groups excluding carboxylic acids is 4. The highest BCUT2D eigenvalue weighted by Crippen LogP contribution is 2.07. The van der Waals surface area contributed by atoms with Crippen LogP contribution in [0.25, 0.3) is 0 Å². The van der Waals surface area contributed by atoms with Gasteiger partial charge in [-0.1, -0.05) is 13.8 Å². The topological polar surface area (TPSA) is 231 Å². The number of rotatable bonds is 14. The van der Waals surface area contributed by atoms with Crippen molar-refractivity contribution in [2.45, 2.75) is 57.7 Å². The molecule has 0 aromatic carbocycles. The number of carboxylic acids is 2. The molecule has 0 bridgehead atoms. The van der Waals surface area contributed by atoms with Gasteiger partial charge in [-0.25, -0.2) is 4.79 Å². The van der Waals surface area contributed by atoms with Crippen molar-refractivity contribution in [3.63, 3.8) is 0 Å². The first kappa shape index (κ1) is 26.8. The molecule has 0 aliphatic rings. The summed E-state index contributed by atoms with van der Waals surface area (Å²) in [5.74, 6) is -6.20. The molecule has 30 heavy (non-hydrogen) atoms. The molecule has 13 heteroatoms. The normalized spacial score (nSPS) is 13.6. The van der Waals surface area contributed by atoms with E-state index in [9.17, 15) is 33.9 Å². The monoisotopic (exact) mass is 431 g/mol. The fourth-order valence-corrected chi connectivity index (χ4v) is 2.43. The van der Waals surface area contributed by atoms with Crippen LogP contribution in [0.15, 0.2) is 0 Å². The molecule has 0 saturated heterocycles. The summed E-state index contributed by atoms with van der Waals surface area (Å²) >= 11 is 0. The summed E-state index contributed by atoms with van der Waals surface area (Å²) in [4.78, 5) is 69.9. The fraction of sp³-hybridized carbons (Fsp3) is 0.647. The maximum absolute atomic E-state index is 12.5. The van der Waals surface area contributed by atoms with Gasteiger partial charge in [-0.15, -0.1) is 0 Å². The Hall–Kier alpha value is -3.22. The van der Waals surface area contributed by atoms with E-state index in [1.165, 1.54) is 0 Å². The third kappa shape index (κ3) is 10.9. The fourth-order valence-electron chi connectivity index (χ4n) is 2.43. The van der Waals surface area contributed by atoms with Crippen molar-refractivity contribution >= 4 is 35.6 Å². The van der Waals surface area contributed by atoms with Crippen LogP contribution in [-0.4, -0.2) is 70.5 Å². The molecule has 170 valence electrons. The first-order valence-corrected chi connectivity index (χ1v) is 9.20. The van der Waals surface area contributed by atoms with E-state index in [2.05, 4.69) is 16.0 Å². The standard InChI is InChI=1S/C17H29N5O8/c1-8(2)5-11(17(29)30)22-15(27)9(3-4-12(19)23)21-16(28)10(6-14(25)26)20-13(24)7-18/h8-11H,3-7,18H2,1-2H3,(H2,19,23)(H,20,24)(H,21,28)(H,22,27)(H,25,26)(H,29,30). The summed E-state index contributed by atoms with van der Waals surface area (Å²) < 4.78 is 0. The van der Waals surface area contributed by atoms with Crippen molar-refractivity contribution in [3.8, 4) is 0 Å². The number of amides is 4. The van der Waals surface area contributed by atoms with Crippen molar-refractivity contribution in [2.75, 3.05) is 6.54 Å². The molecule has 3 atom stereocenters. The minimum absolute atomic E-state index is 0.0588. The second-order valence-corrected chi connectivity index (χ2v) is 7.02. The highest BCUT2D eigenvalue weighted by atomic mass is 16.4. The van der Waals surface area contributed by atoms with Gasteiger partial charge in [0.05, 0.1) is 13.0 Å². The number of carbonyl (C=O) groups is 6. The maximum atomic E-state index is 12.5. The minimum Gasteiger partial charge on any atom is -0.481 e. The Balaban J connectivity index is 5.45.